The number of unbranched alkanes of at least 4 members (excludes halogenated alkanes) is 34. The second-order valence-electron chi connectivity index (χ2n) is 22.4. The third-order valence-electron chi connectivity index (χ3n) is 13.8. The van der Waals surface area contributed by atoms with Gasteiger partial charge in [0.25, 0.3) is 0 Å². The van der Waals surface area contributed by atoms with Crippen molar-refractivity contribution in [2.75, 3.05) is 47.5 Å². The Morgan fingerprint density at radius 1 is 0.427 bits per heavy atom. The summed E-state index contributed by atoms with van der Waals surface area (Å²) in [5, 5.41) is 0. The van der Waals surface area contributed by atoms with Crippen molar-refractivity contribution in [3.63, 3.8) is 0 Å². The molecule has 0 saturated carbocycles. The Morgan fingerprint density at radius 2 is 0.760 bits per heavy atom. The second-order valence-corrected chi connectivity index (χ2v) is 23.9. The number of nitrogens with zero attached hydrogens (tertiary/aromatic N) is 1. The molecule has 0 bridgehead atoms. The Bertz CT molecular complexity index is 1450. The Morgan fingerprint density at radius 3 is 1.12 bits per heavy atom. The lowest BCUT2D eigenvalue weighted by atomic mass is 10.0. The van der Waals surface area contributed by atoms with Crippen LogP contribution in [0.25, 0.3) is 0 Å². The maximum Gasteiger partial charge on any atom is 0.472 e. The summed E-state index contributed by atoms with van der Waals surface area (Å²) in [6.45, 7) is 4.28. The lowest BCUT2D eigenvalue weighted by Gasteiger charge is -2.24. The van der Waals surface area contributed by atoms with Crippen LogP contribution in [0.3, 0.4) is 0 Å². The molecule has 1 N–H and O–H groups in total. The second kappa shape index (κ2) is 56.4. The minimum atomic E-state index is -4.40. The van der Waals surface area contributed by atoms with Gasteiger partial charge in [0.05, 0.1) is 27.7 Å². The Hall–Kier alpha value is -2.29. The molecule has 2 unspecified atom stereocenters. The van der Waals surface area contributed by atoms with E-state index in [1.807, 2.05) is 21.1 Å². The van der Waals surface area contributed by atoms with Gasteiger partial charge in [-0.25, -0.2) is 4.57 Å². The van der Waals surface area contributed by atoms with E-state index in [0.29, 0.717) is 23.9 Å². The van der Waals surface area contributed by atoms with Crippen LogP contribution in [0.2, 0.25) is 0 Å². The fourth-order valence-corrected chi connectivity index (χ4v) is 9.74. The first-order valence-corrected chi connectivity index (χ1v) is 33.0. The number of hydrogen-bond acceptors (Lipinski definition) is 7. The topological polar surface area (TPSA) is 108 Å². The van der Waals surface area contributed by atoms with Crippen molar-refractivity contribution in [2.45, 2.75) is 296 Å². The smallest absolute Gasteiger partial charge is 0.462 e. The molecule has 75 heavy (non-hydrogen) atoms. The van der Waals surface area contributed by atoms with Gasteiger partial charge in [0, 0.05) is 12.8 Å². The molecule has 10 heteroatoms. The van der Waals surface area contributed by atoms with Crippen LogP contribution in [0.5, 0.6) is 0 Å². The van der Waals surface area contributed by atoms with E-state index in [2.05, 4.69) is 74.6 Å². The van der Waals surface area contributed by atoms with Crippen molar-refractivity contribution in [3.05, 3.63) is 60.8 Å². The molecule has 0 amide bonds. The highest BCUT2D eigenvalue weighted by molar-refractivity contribution is 7.47. The molecule has 0 radical (unpaired) electrons. The molecule has 438 valence electrons. The van der Waals surface area contributed by atoms with Gasteiger partial charge in [-0.1, -0.05) is 286 Å². The molecule has 0 aliphatic carbocycles. The molecule has 0 aliphatic rings. The summed E-state index contributed by atoms with van der Waals surface area (Å²) in [6, 6.07) is 0. The molecule has 0 aliphatic heterocycles. The predicted octanol–water partition coefficient (Wildman–Crippen LogP) is 19.9. The molecule has 0 fully saturated rings. The number of quaternary nitrogens is 1. The molecule has 0 rings (SSSR count). The van der Waals surface area contributed by atoms with Crippen LogP contribution in [0.15, 0.2) is 60.8 Å². The molecular formula is C65H121NO8P+. The molecule has 9 nitrogen and oxygen atoms in total. The molecule has 0 heterocycles. The zero-order valence-corrected chi connectivity index (χ0v) is 50.7. The monoisotopic (exact) mass is 1070 g/mol. The summed E-state index contributed by atoms with van der Waals surface area (Å²) in [5.74, 6) is -0.857. The summed E-state index contributed by atoms with van der Waals surface area (Å²) < 4.78 is 34.5. The van der Waals surface area contributed by atoms with Crippen LogP contribution < -0.4 is 0 Å². The Kier molecular flexibility index (Phi) is 54.7. The zero-order chi connectivity index (χ0) is 54.9. The van der Waals surface area contributed by atoms with E-state index in [9.17, 15) is 19.0 Å². The van der Waals surface area contributed by atoms with E-state index in [0.717, 1.165) is 51.4 Å². The van der Waals surface area contributed by atoms with Crippen LogP contribution in [0, 0.1) is 0 Å². The minimum Gasteiger partial charge on any atom is -0.462 e. The third-order valence-corrected chi connectivity index (χ3v) is 14.8. The molecular weight excluding hydrogens is 954 g/mol. The molecule has 0 aromatic carbocycles. The molecule has 0 saturated heterocycles. The number of ether oxygens (including phenoxy) is 2. The minimum absolute atomic E-state index is 0.0201. The number of phosphoric acid groups is 1. The Labute approximate surface area is 464 Å². The summed E-state index contributed by atoms with van der Waals surface area (Å²) in [7, 11) is 1.44. The zero-order valence-electron chi connectivity index (χ0n) is 49.8. The molecule has 0 aromatic heterocycles. The number of esters is 2. The van der Waals surface area contributed by atoms with Crippen molar-refractivity contribution in [3.8, 4) is 0 Å². The van der Waals surface area contributed by atoms with Crippen LogP contribution in [0.4, 0.5) is 0 Å². The highest BCUT2D eigenvalue weighted by Crippen LogP contribution is 2.43. The van der Waals surface area contributed by atoms with Gasteiger partial charge in [0.2, 0.25) is 0 Å². The number of hydrogen-bond donors (Lipinski definition) is 1. The standard InChI is InChI=1S/C65H120NO8P/c1-6-8-10-12-14-16-18-20-22-24-25-26-27-28-29-30-31-32-33-34-35-36-37-38-39-40-42-43-45-47-49-51-53-55-57-64(67)71-61-63(62-73-75(69,70)72-60-59-66(3,4)5)74-65(68)58-56-54-52-50-48-46-44-41-23-21-19-17-15-13-11-9-7-2/h9,11,15,17,21,23,44,46,50,52,63H,6-8,10,12-14,16,18-20,22,24-43,45,47-49,51,53-62H2,1-5H3/p+1/b11-9-,17-15-,23-21-,46-44-,52-50-. The highest BCUT2D eigenvalue weighted by Gasteiger charge is 2.27. The first-order chi connectivity index (χ1) is 36.5. The summed E-state index contributed by atoms with van der Waals surface area (Å²) in [5.41, 5.74) is 0. The largest absolute Gasteiger partial charge is 0.472 e. The fourth-order valence-electron chi connectivity index (χ4n) is 9.00. The lowest BCUT2D eigenvalue weighted by Crippen LogP contribution is -2.37. The van der Waals surface area contributed by atoms with Crippen molar-refractivity contribution in [1.82, 2.24) is 0 Å². The van der Waals surface area contributed by atoms with Crippen LogP contribution >= 0.6 is 7.82 Å². The predicted molar refractivity (Wildman–Crippen MR) is 321 cm³/mol. The van der Waals surface area contributed by atoms with Crippen molar-refractivity contribution >= 4 is 19.8 Å². The van der Waals surface area contributed by atoms with E-state index < -0.39 is 26.5 Å². The third kappa shape index (κ3) is 60.8. The highest BCUT2D eigenvalue weighted by atomic mass is 31.2. The van der Waals surface area contributed by atoms with E-state index in [-0.39, 0.29) is 32.0 Å². The number of likely N-dealkylation sites (N-methyl/N-ethyl adjacent to an activating group) is 1. The summed E-state index contributed by atoms with van der Waals surface area (Å²) in [6.07, 6.45) is 73.5. The van der Waals surface area contributed by atoms with E-state index in [4.69, 9.17) is 18.5 Å². The fraction of sp³-hybridized carbons (Fsp3) is 0.815. The van der Waals surface area contributed by atoms with Crippen molar-refractivity contribution in [2.24, 2.45) is 0 Å². The van der Waals surface area contributed by atoms with Gasteiger partial charge in [-0.15, -0.1) is 0 Å². The van der Waals surface area contributed by atoms with Gasteiger partial charge in [0.15, 0.2) is 6.10 Å². The average Bonchev–Trinajstić information content (AvgIpc) is 3.37. The summed E-state index contributed by atoms with van der Waals surface area (Å²) in [4.78, 5) is 35.6. The number of carbonyl (C=O) groups is 2. The van der Waals surface area contributed by atoms with Gasteiger partial charge in [-0.05, 0) is 51.4 Å². The van der Waals surface area contributed by atoms with Crippen LogP contribution in [-0.4, -0.2) is 74.9 Å². The molecule has 0 aromatic rings. The lowest BCUT2D eigenvalue weighted by molar-refractivity contribution is -0.870. The molecule has 0 spiro atoms. The normalized spacial score (nSPS) is 13.6. The maximum absolute atomic E-state index is 12.8. The van der Waals surface area contributed by atoms with Gasteiger partial charge in [-0.2, -0.15) is 0 Å². The van der Waals surface area contributed by atoms with Gasteiger partial charge in [-0.3, -0.25) is 18.6 Å². The average molecular weight is 1080 g/mol. The van der Waals surface area contributed by atoms with Crippen molar-refractivity contribution < 1.29 is 42.1 Å². The maximum atomic E-state index is 12.8. The van der Waals surface area contributed by atoms with E-state index in [1.165, 1.54) is 199 Å². The first kappa shape index (κ1) is 72.7. The van der Waals surface area contributed by atoms with Crippen LogP contribution in [0.1, 0.15) is 290 Å². The molecule has 2 atom stereocenters. The number of allylic oxidation sites excluding steroid dienone is 10. The van der Waals surface area contributed by atoms with E-state index in [1.54, 1.807) is 0 Å². The van der Waals surface area contributed by atoms with Gasteiger partial charge < -0.3 is 18.9 Å². The van der Waals surface area contributed by atoms with Crippen molar-refractivity contribution in [1.29, 1.82) is 0 Å². The number of phosphoric ester groups is 1. The van der Waals surface area contributed by atoms with Crippen LogP contribution in [-0.2, 0) is 32.7 Å². The Balaban J connectivity index is 4.00. The van der Waals surface area contributed by atoms with Gasteiger partial charge in [0.1, 0.15) is 19.8 Å². The van der Waals surface area contributed by atoms with E-state index >= 15 is 0 Å². The van der Waals surface area contributed by atoms with Gasteiger partial charge >= 0.3 is 19.8 Å². The quantitative estimate of drug-likeness (QED) is 0.0211. The first-order valence-electron chi connectivity index (χ1n) is 31.5. The summed E-state index contributed by atoms with van der Waals surface area (Å²) >= 11 is 0. The SMILES string of the molecule is CC/C=C\C/C=C\C/C=C\C/C=C\C/C=C\CCCC(=O)OC(COC(=O)CCCCCCCCCCCCCCCCCCCCCCCCCCCCCCCCCCCC)COP(=O)(O)OCC[N+](C)(C)C. The number of carbonyl (C=O) groups excluding carboxylic acids is 2. The number of rotatable bonds is 58.